The fourth-order valence-electron chi connectivity index (χ4n) is 1.17. The van der Waals surface area contributed by atoms with Crippen LogP contribution >= 0.6 is 0 Å². The molecule has 1 aliphatic rings. The highest BCUT2D eigenvalue weighted by molar-refractivity contribution is 5.30. The van der Waals surface area contributed by atoms with E-state index in [-0.39, 0.29) is 6.08 Å². The minimum absolute atomic E-state index is 0.0831. The van der Waals surface area contributed by atoms with Crippen molar-refractivity contribution >= 4 is 0 Å². The average Bonchev–Trinajstić information content (AvgIpc) is 1.99. The molecule has 86 valence electrons. The molecule has 15 heavy (non-hydrogen) atoms. The van der Waals surface area contributed by atoms with Crippen LogP contribution < -0.4 is 0 Å². The van der Waals surface area contributed by atoms with E-state index in [9.17, 15) is 26.3 Å². The van der Waals surface area contributed by atoms with Crippen LogP contribution in [0.25, 0.3) is 0 Å². The Hall–Kier alpha value is -1.14. The highest BCUT2D eigenvalue weighted by Gasteiger charge is 2.44. The van der Waals surface area contributed by atoms with E-state index in [1.807, 2.05) is 0 Å². The van der Waals surface area contributed by atoms with Crippen molar-refractivity contribution in [3.05, 3.63) is 23.5 Å². The molecule has 0 amide bonds. The van der Waals surface area contributed by atoms with Crippen LogP contribution in [0.2, 0.25) is 0 Å². The molecule has 1 rings (SSSR count). The van der Waals surface area contributed by atoms with Gasteiger partial charge < -0.3 is 5.11 Å². The number of allylic oxidation sites excluding steroid dienone is 4. The van der Waals surface area contributed by atoms with Gasteiger partial charge in [0.1, 0.15) is 0 Å². The molecule has 1 atom stereocenters. The second-order valence-electron chi connectivity index (χ2n) is 3.11. The number of aliphatic hydroxyl groups is 1. The van der Waals surface area contributed by atoms with Gasteiger partial charge in [-0.3, -0.25) is 0 Å². The Kier molecular flexibility index (Phi) is 2.75. The normalized spacial score (nSPS) is 23.5. The first-order chi connectivity index (χ1) is 6.60. The maximum atomic E-state index is 12.1. The zero-order chi connectivity index (χ0) is 11.9. The van der Waals surface area contributed by atoms with Gasteiger partial charge >= 0.3 is 12.4 Å². The summed E-state index contributed by atoms with van der Waals surface area (Å²) in [7, 11) is 0. The van der Waals surface area contributed by atoms with Crippen molar-refractivity contribution in [1.29, 1.82) is 0 Å². The van der Waals surface area contributed by atoms with Crippen LogP contribution in [0.15, 0.2) is 23.5 Å². The van der Waals surface area contributed by atoms with Gasteiger partial charge in [-0.15, -0.1) is 0 Å². The number of aliphatic hydroxyl groups excluding tert-OH is 1. The minimum Gasteiger partial charge on any atom is -0.512 e. The van der Waals surface area contributed by atoms with Gasteiger partial charge in [0.2, 0.25) is 0 Å². The molecule has 0 aromatic rings. The van der Waals surface area contributed by atoms with Crippen molar-refractivity contribution in [1.82, 2.24) is 0 Å². The van der Waals surface area contributed by atoms with Gasteiger partial charge in [-0.25, -0.2) is 0 Å². The minimum atomic E-state index is -4.88. The first kappa shape index (κ1) is 11.9. The summed E-state index contributed by atoms with van der Waals surface area (Å²) in [4.78, 5) is 0. The fourth-order valence-corrected chi connectivity index (χ4v) is 1.17. The molecule has 1 nitrogen and oxygen atoms in total. The van der Waals surface area contributed by atoms with Gasteiger partial charge in [0.15, 0.2) is 0 Å². The second kappa shape index (κ2) is 3.46. The predicted molar refractivity (Wildman–Crippen MR) is 39.0 cm³/mol. The molecule has 0 fully saturated rings. The molecule has 0 aliphatic heterocycles. The molecule has 0 bridgehead atoms. The smallest absolute Gasteiger partial charge is 0.416 e. The third-order valence-electron chi connectivity index (χ3n) is 1.88. The highest BCUT2D eigenvalue weighted by Crippen LogP contribution is 2.39. The largest absolute Gasteiger partial charge is 0.512 e. The van der Waals surface area contributed by atoms with E-state index in [0.29, 0.717) is 6.08 Å². The van der Waals surface area contributed by atoms with Gasteiger partial charge in [-0.1, -0.05) is 6.08 Å². The molecule has 1 N–H and O–H groups in total. The zero-order valence-electron chi connectivity index (χ0n) is 7.15. The van der Waals surface area contributed by atoms with E-state index in [1.165, 1.54) is 0 Å². The van der Waals surface area contributed by atoms with Crippen molar-refractivity contribution in [2.24, 2.45) is 5.92 Å². The second-order valence-corrected chi connectivity index (χ2v) is 3.11. The Balaban J connectivity index is 3.02. The Bertz CT molecular complexity index is 308. The molecular weight excluding hydrogens is 226 g/mol. The molecule has 0 spiro atoms. The van der Waals surface area contributed by atoms with Gasteiger partial charge in [-0.05, 0) is 6.08 Å². The first-order valence-electron chi connectivity index (χ1n) is 3.86. The molecule has 7 heteroatoms. The molecule has 0 aromatic heterocycles. The van der Waals surface area contributed by atoms with Crippen LogP contribution in [0.4, 0.5) is 26.3 Å². The molecule has 0 aromatic carbocycles. The van der Waals surface area contributed by atoms with Crippen LogP contribution in [0.5, 0.6) is 0 Å². The maximum absolute atomic E-state index is 12.1. The molecule has 1 unspecified atom stereocenters. The topological polar surface area (TPSA) is 20.2 Å². The Morgan fingerprint density at radius 3 is 2.07 bits per heavy atom. The Morgan fingerprint density at radius 1 is 1.13 bits per heavy atom. The van der Waals surface area contributed by atoms with Crippen molar-refractivity contribution < 1.29 is 31.4 Å². The van der Waals surface area contributed by atoms with Crippen molar-refractivity contribution in [2.45, 2.75) is 18.8 Å². The van der Waals surface area contributed by atoms with E-state index in [0.717, 1.165) is 0 Å². The van der Waals surface area contributed by atoms with Crippen LogP contribution in [-0.4, -0.2) is 17.5 Å². The summed E-state index contributed by atoms with van der Waals surface area (Å²) in [5, 5.41) is 8.80. The van der Waals surface area contributed by atoms with E-state index >= 15 is 0 Å². The third-order valence-corrected chi connectivity index (χ3v) is 1.88. The number of hydrogen-bond acceptors (Lipinski definition) is 1. The lowest BCUT2D eigenvalue weighted by molar-refractivity contribution is -0.164. The molecule has 1 aliphatic carbocycles. The van der Waals surface area contributed by atoms with Gasteiger partial charge in [0.25, 0.3) is 0 Å². The molecule has 0 heterocycles. The van der Waals surface area contributed by atoms with Crippen LogP contribution in [0.3, 0.4) is 0 Å². The molecule has 0 saturated carbocycles. The average molecular weight is 232 g/mol. The standard InChI is InChI=1S/C8H6F6O/c9-7(10,11)4-1-5(8(12,13)14)3-6(15)2-4/h1-2,5,15H,3H2. The van der Waals surface area contributed by atoms with Crippen molar-refractivity contribution in [2.75, 3.05) is 0 Å². The summed E-state index contributed by atoms with van der Waals surface area (Å²) in [6.45, 7) is 0. The lowest BCUT2D eigenvalue weighted by Gasteiger charge is -2.22. The number of rotatable bonds is 0. The summed E-state index contributed by atoms with van der Waals surface area (Å²) < 4.78 is 72.6. The van der Waals surface area contributed by atoms with Crippen LogP contribution in [-0.2, 0) is 0 Å². The quantitative estimate of drug-likeness (QED) is 0.633. The summed E-state index contributed by atoms with van der Waals surface area (Å²) in [5.74, 6) is -3.19. The van der Waals surface area contributed by atoms with E-state index < -0.39 is 36.0 Å². The summed E-state index contributed by atoms with van der Waals surface area (Å²) in [5.41, 5.74) is -1.46. The molecule has 0 radical (unpaired) electrons. The Morgan fingerprint density at radius 2 is 1.67 bits per heavy atom. The SMILES string of the molecule is OC1=CC(C(F)(F)F)=CC(C(F)(F)F)C1. The number of halogens is 6. The first-order valence-corrected chi connectivity index (χ1v) is 3.86. The monoisotopic (exact) mass is 232 g/mol. The van der Waals surface area contributed by atoms with Gasteiger partial charge in [0.05, 0.1) is 17.3 Å². The summed E-state index contributed by atoms with van der Waals surface area (Å²) >= 11 is 0. The van der Waals surface area contributed by atoms with Gasteiger partial charge in [-0.2, -0.15) is 26.3 Å². The predicted octanol–water partition coefficient (Wildman–Crippen LogP) is 3.50. The molecule has 0 saturated heterocycles. The van der Waals surface area contributed by atoms with E-state index in [2.05, 4.69) is 0 Å². The Labute approximate surface area is 80.7 Å². The van der Waals surface area contributed by atoms with Gasteiger partial charge in [0, 0.05) is 6.42 Å². The highest BCUT2D eigenvalue weighted by atomic mass is 19.4. The van der Waals surface area contributed by atoms with E-state index in [4.69, 9.17) is 5.11 Å². The summed E-state index contributed by atoms with van der Waals surface area (Å²) in [6.07, 6.45) is -10.1. The molecular formula is C8H6F6O. The summed E-state index contributed by atoms with van der Waals surface area (Å²) in [6, 6.07) is 0. The zero-order valence-corrected chi connectivity index (χ0v) is 7.15. The van der Waals surface area contributed by atoms with E-state index in [1.54, 1.807) is 0 Å². The number of hydrogen-bond donors (Lipinski definition) is 1. The van der Waals surface area contributed by atoms with Crippen molar-refractivity contribution in [3.63, 3.8) is 0 Å². The van der Waals surface area contributed by atoms with Crippen LogP contribution in [0, 0.1) is 5.92 Å². The lowest BCUT2D eigenvalue weighted by atomic mass is 9.94. The number of alkyl halides is 6. The lowest BCUT2D eigenvalue weighted by Crippen LogP contribution is -2.26. The van der Waals surface area contributed by atoms with Crippen molar-refractivity contribution in [3.8, 4) is 0 Å². The van der Waals surface area contributed by atoms with Crippen LogP contribution in [0.1, 0.15) is 6.42 Å². The fraction of sp³-hybridized carbons (Fsp3) is 0.500. The maximum Gasteiger partial charge on any atom is 0.416 e. The third kappa shape index (κ3) is 2.90.